The Morgan fingerprint density at radius 1 is 0.818 bits per heavy atom. The third kappa shape index (κ3) is 24.6. The molecule has 0 spiro atoms. The Morgan fingerprint density at radius 3 is 2.06 bits per heavy atom. The molecule has 1 unspecified atom stereocenters. The van der Waals surface area contributed by atoms with Crippen LogP contribution in [-0.4, -0.2) is 137 Å². The number of ether oxygens (including phenoxy) is 2. The monoisotopic (exact) mass is 986 g/mol. The van der Waals surface area contributed by atoms with E-state index in [0.29, 0.717) is 12.8 Å². The fraction of sp³-hybridized carbons (Fsp3) is 0.822. The zero-order valence-electron chi connectivity index (χ0n) is 38.7. The van der Waals surface area contributed by atoms with Crippen LogP contribution in [-0.2, 0) is 41.8 Å². The van der Waals surface area contributed by atoms with Gasteiger partial charge in [-0.05, 0) is 44.9 Å². The number of allylic oxidation sites excluding steroid dienone is 3. The Morgan fingerprint density at radius 2 is 1.42 bits per heavy atom. The number of carbonyl (C=O) groups excluding carboxylic acids is 2. The molecule has 1 heterocycles. The molecule has 1 aliphatic carbocycles. The number of unbranched alkanes of at least 4 members (excludes halogenated alkanes) is 13. The number of hydrogen-bond donors (Lipinski definition) is 10. The summed E-state index contributed by atoms with van der Waals surface area (Å²) < 4.78 is 51.9. The summed E-state index contributed by atoms with van der Waals surface area (Å²) in [6.45, 7) is 2.51. The molecule has 10 N–H and O–H groups in total. The molecular formula is C45H80O19P2. The van der Waals surface area contributed by atoms with Crippen molar-refractivity contribution in [2.45, 2.75) is 210 Å². The lowest BCUT2D eigenvalue weighted by atomic mass is 9.83. The van der Waals surface area contributed by atoms with Gasteiger partial charge >= 0.3 is 27.6 Å². The minimum Gasteiger partial charge on any atom is -0.461 e. The van der Waals surface area contributed by atoms with E-state index in [-0.39, 0.29) is 25.7 Å². The molecule has 21 heteroatoms. The molecule has 13 atom stereocenters. The summed E-state index contributed by atoms with van der Waals surface area (Å²) in [7, 11) is -11.4. The molecule has 0 amide bonds. The quantitative estimate of drug-likeness (QED) is 0.0260. The van der Waals surface area contributed by atoms with E-state index in [9.17, 15) is 69.1 Å². The number of phosphoric ester groups is 2. The molecule has 19 nitrogen and oxygen atoms in total. The molecule has 1 fully saturated rings. The highest BCUT2D eigenvalue weighted by molar-refractivity contribution is 7.47. The average Bonchev–Trinajstić information content (AvgIpc) is 3.25. The standard InChI is InChI=1S/C45H80O19P2/c1-3-5-7-8-9-10-11-12-13-14-15-16-17-18-20-26-39(50)62-33-30-60-38(49)25-22-21-24-34-36(47)29-37(48)35(28-27-32(46)23-19-6-4-2)41(52)44(63-65(55,56)57)45(43(54)42(53)40(34)51)64-66(58,59)61-31-33/h10-11,21-22,27-28,32-37,40-48,51-54H,3-9,12-20,23-26,29-31H2,1-2H3,(H,58,59)(H2,55,56,57)/b11-10-,22-21-,28-27+/t32-,33-,34-,35+,36+,37-,40-,41-,42+,43-,44-,45+/m1/s1. The molecule has 2 bridgehead atoms. The predicted octanol–water partition coefficient (Wildman–Crippen LogP) is 5.11. The molecular weight excluding hydrogens is 906 g/mol. The van der Waals surface area contributed by atoms with Crippen molar-refractivity contribution in [1.82, 2.24) is 0 Å². The van der Waals surface area contributed by atoms with Crippen molar-refractivity contribution >= 4 is 27.6 Å². The second-order valence-corrected chi connectivity index (χ2v) is 20.1. The fourth-order valence-corrected chi connectivity index (χ4v) is 9.46. The first-order valence-electron chi connectivity index (χ1n) is 23.8. The number of hydrogen-bond acceptors (Lipinski definition) is 16. The van der Waals surface area contributed by atoms with Crippen molar-refractivity contribution in [1.29, 1.82) is 0 Å². The lowest BCUT2D eigenvalue weighted by molar-refractivity contribution is -0.165. The number of cyclic esters (lactones) is 1. The largest absolute Gasteiger partial charge is 0.472 e. The van der Waals surface area contributed by atoms with Crippen LogP contribution in [0.2, 0.25) is 0 Å². The Bertz CT molecular complexity index is 1540. The van der Waals surface area contributed by atoms with Crippen molar-refractivity contribution in [3.8, 4) is 0 Å². The van der Waals surface area contributed by atoms with Gasteiger partial charge in [0.15, 0.2) is 6.10 Å². The first-order chi connectivity index (χ1) is 31.3. The van der Waals surface area contributed by atoms with E-state index in [0.717, 1.165) is 70.3 Å². The van der Waals surface area contributed by atoms with E-state index in [1.54, 1.807) is 0 Å². The molecule has 66 heavy (non-hydrogen) atoms. The van der Waals surface area contributed by atoms with Crippen LogP contribution in [0.4, 0.5) is 0 Å². The van der Waals surface area contributed by atoms with Crippen molar-refractivity contribution in [3.63, 3.8) is 0 Å². The number of carbonyl (C=O) groups is 2. The molecule has 1 saturated carbocycles. The van der Waals surface area contributed by atoms with E-state index >= 15 is 0 Å². The van der Waals surface area contributed by atoms with Crippen LogP contribution in [0, 0.1) is 11.8 Å². The van der Waals surface area contributed by atoms with Crippen LogP contribution >= 0.6 is 15.6 Å². The molecule has 1 aliphatic heterocycles. The topological polar surface area (TPSA) is 317 Å². The second-order valence-electron chi connectivity index (χ2n) is 17.5. The minimum atomic E-state index is -5.76. The van der Waals surface area contributed by atoms with Gasteiger partial charge in [-0.15, -0.1) is 0 Å². The van der Waals surface area contributed by atoms with Gasteiger partial charge in [-0.3, -0.25) is 23.2 Å². The Labute approximate surface area is 390 Å². The minimum absolute atomic E-state index is 0.0401. The first-order valence-corrected chi connectivity index (χ1v) is 26.8. The molecule has 0 aromatic carbocycles. The molecule has 384 valence electrons. The van der Waals surface area contributed by atoms with E-state index in [2.05, 4.69) is 19.1 Å². The molecule has 0 saturated heterocycles. The van der Waals surface area contributed by atoms with Gasteiger partial charge in [0.25, 0.3) is 0 Å². The van der Waals surface area contributed by atoms with E-state index in [4.69, 9.17) is 23.0 Å². The summed E-state index contributed by atoms with van der Waals surface area (Å²) >= 11 is 0. The van der Waals surface area contributed by atoms with Crippen LogP contribution in [0.3, 0.4) is 0 Å². The zero-order valence-corrected chi connectivity index (χ0v) is 40.5. The SMILES string of the molecule is CCCCCC/C=C\CCCCCCCCCC(=O)O[C@@H]1COC(=O)C/C=C\C[C@H]2[C@@H](O)[C@H](O)[C@@H](O)[C@H](OP(=O)(O)OC1)[C@H](OP(=O)(O)O)[C@H](O)[C@@H](/C=C/[C@H](O)CCCCC)[C@H](O)C[C@@H]2O. The zero-order chi connectivity index (χ0) is 49.1. The number of rotatable bonds is 24. The molecule has 2 rings (SSSR count). The van der Waals surface area contributed by atoms with Crippen LogP contribution in [0.1, 0.15) is 149 Å². The average molecular weight is 987 g/mol. The van der Waals surface area contributed by atoms with Crippen LogP contribution in [0.25, 0.3) is 0 Å². The maximum atomic E-state index is 13.7. The van der Waals surface area contributed by atoms with Crippen molar-refractivity contribution in [2.75, 3.05) is 13.2 Å². The summed E-state index contributed by atoms with van der Waals surface area (Å²) in [6, 6.07) is 0. The van der Waals surface area contributed by atoms with Crippen molar-refractivity contribution < 1.29 is 92.2 Å². The molecule has 0 aromatic heterocycles. The van der Waals surface area contributed by atoms with Gasteiger partial charge in [-0.25, -0.2) is 9.13 Å². The fourth-order valence-electron chi connectivity index (χ4n) is 7.93. The van der Waals surface area contributed by atoms with Crippen molar-refractivity contribution in [3.05, 3.63) is 36.5 Å². The van der Waals surface area contributed by atoms with Gasteiger partial charge in [-0.2, -0.15) is 0 Å². The van der Waals surface area contributed by atoms with E-state index in [1.807, 2.05) is 6.92 Å². The lowest BCUT2D eigenvalue weighted by Crippen LogP contribution is -2.56. The number of esters is 2. The van der Waals surface area contributed by atoms with Crippen LogP contribution in [0.5, 0.6) is 0 Å². The number of aliphatic hydroxyl groups excluding tert-OH is 7. The molecule has 2 aliphatic rings. The van der Waals surface area contributed by atoms with E-state index in [1.165, 1.54) is 43.9 Å². The Kier molecular flexibility index (Phi) is 30.0. The van der Waals surface area contributed by atoms with E-state index < -0.39 is 120 Å². The summed E-state index contributed by atoms with van der Waals surface area (Å²) in [4.78, 5) is 56.6. The van der Waals surface area contributed by atoms with Gasteiger partial charge in [0.2, 0.25) is 0 Å². The van der Waals surface area contributed by atoms with Crippen molar-refractivity contribution in [2.24, 2.45) is 11.8 Å². The summed E-state index contributed by atoms with van der Waals surface area (Å²) in [5.74, 6) is -4.76. The highest BCUT2D eigenvalue weighted by Gasteiger charge is 2.51. The maximum absolute atomic E-state index is 13.7. The van der Waals surface area contributed by atoms with Gasteiger partial charge in [0.05, 0.1) is 43.5 Å². The summed E-state index contributed by atoms with van der Waals surface area (Å²) in [6.07, 6.45) is 2.82. The smallest absolute Gasteiger partial charge is 0.461 e. The maximum Gasteiger partial charge on any atom is 0.472 e. The first kappa shape index (κ1) is 60.2. The normalized spacial score (nSPS) is 32.2. The highest BCUT2D eigenvalue weighted by Crippen LogP contribution is 2.49. The lowest BCUT2D eigenvalue weighted by Gasteiger charge is -2.38. The van der Waals surface area contributed by atoms with Crippen LogP contribution in [0.15, 0.2) is 36.5 Å². The van der Waals surface area contributed by atoms with Crippen LogP contribution < -0.4 is 0 Å². The Hall–Kier alpha value is -1.90. The van der Waals surface area contributed by atoms with Gasteiger partial charge < -0.3 is 59.9 Å². The number of fused-ring (bicyclic) bond motifs is 4. The number of phosphoric acid groups is 2. The number of aliphatic hydroxyl groups is 7. The summed E-state index contributed by atoms with van der Waals surface area (Å²) in [5, 5.41) is 79.3. The third-order valence-corrected chi connectivity index (χ3v) is 13.3. The molecule has 0 aromatic rings. The summed E-state index contributed by atoms with van der Waals surface area (Å²) in [5.41, 5.74) is 0. The molecule has 0 radical (unpaired) electrons. The predicted molar refractivity (Wildman–Crippen MR) is 243 cm³/mol. The van der Waals surface area contributed by atoms with Gasteiger partial charge in [0.1, 0.15) is 31.0 Å². The Balaban J connectivity index is 2.32. The second kappa shape index (κ2) is 32.8. The third-order valence-electron chi connectivity index (χ3n) is 11.8. The van der Waals surface area contributed by atoms with Gasteiger partial charge in [-0.1, -0.05) is 121 Å². The van der Waals surface area contributed by atoms with Gasteiger partial charge in [0, 0.05) is 24.7 Å². The highest BCUT2D eigenvalue weighted by atomic mass is 31.2.